The lowest BCUT2D eigenvalue weighted by atomic mass is 10.1. The first-order chi connectivity index (χ1) is 7.18. The quantitative estimate of drug-likeness (QED) is 0.518. The number of methoxy groups -OCH3 is 1. The number of carbonyl (C=O) groups excluding carboxylic acids is 1. The van der Waals surface area contributed by atoms with Crippen LogP contribution in [-0.4, -0.2) is 45.9 Å². The minimum absolute atomic E-state index is 0.0967. The number of ether oxygens (including phenoxy) is 3. The van der Waals surface area contributed by atoms with Crippen LogP contribution in [0.1, 0.15) is 20.3 Å². The molecule has 4 heteroatoms. The molecule has 0 aromatic carbocycles. The van der Waals surface area contributed by atoms with Gasteiger partial charge in [0.15, 0.2) is 0 Å². The van der Waals surface area contributed by atoms with Crippen LogP contribution in [0.4, 0.5) is 0 Å². The van der Waals surface area contributed by atoms with Crippen molar-refractivity contribution in [2.24, 2.45) is 5.92 Å². The van der Waals surface area contributed by atoms with E-state index in [9.17, 15) is 4.79 Å². The van der Waals surface area contributed by atoms with Crippen LogP contribution in [0.2, 0.25) is 0 Å². The molecule has 15 heavy (non-hydrogen) atoms. The molecular formula is C11H22O4. The van der Waals surface area contributed by atoms with Gasteiger partial charge >= 0.3 is 0 Å². The van der Waals surface area contributed by atoms with Gasteiger partial charge in [-0.25, -0.2) is 0 Å². The summed E-state index contributed by atoms with van der Waals surface area (Å²) in [6, 6.07) is 0. The fourth-order valence-electron chi connectivity index (χ4n) is 0.928. The Morgan fingerprint density at radius 2 is 1.60 bits per heavy atom. The Morgan fingerprint density at radius 3 is 2.13 bits per heavy atom. The van der Waals surface area contributed by atoms with Crippen molar-refractivity contribution in [2.45, 2.75) is 20.3 Å². The minimum Gasteiger partial charge on any atom is -0.382 e. The predicted octanol–water partition coefficient (Wildman–Crippen LogP) is 1.28. The molecule has 0 aliphatic carbocycles. The zero-order valence-electron chi connectivity index (χ0n) is 9.95. The van der Waals surface area contributed by atoms with Gasteiger partial charge in [0.25, 0.3) is 0 Å². The molecule has 0 aromatic heterocycles. The summed E-state index contributed by atoms with van der Waals surface area (Å²) in [7, 11) is 1.64. The van der Waals surface area contributed by atoms with E-state index in [4.69, 9.17) is 14.2 Å². The van der Waals surface area contributed by atoms with Crippen molar-refractivity contribution in [2.75, 3.05) is 40.1 Å². The molecule has 0 aromatic rings. The van der Waals surface area contributed by atoms with Gasteiger partial charge in [-0.1, -0.05) is 6.92 Å². The largest absolute Gasteiger partial charge is 0.382 e. The summed E-state index contributed by atoms with van der Waals surface area (Å²) < 4.78 is 15.4. The number of hydrogen-bond acceptors (Lipinski definition) is 4. The average molecular weight is 218 g/mol. The van der Waals surface area contributed by atoms with Crippen LogP contribution in [0.25, 0.3) is 0 Å². The van der Waals surface area contributed by atoms with E-state index in [2.05, 4.69) is 0 Å². The molecule has 0 bridgehead atoms. The second-order valence-corrected chi connectivity index (χ2v) is 3.52. The summed E-state index contributed by atoms with van der Waals surface area (Å²) in [4.78, 5) is 10.9. The smallest absolute Gasteiger partial charge is 0.132 e. The molecular weight excluding hydrogens is 196 g/mol. The van der Waals surface area contributed by atoms with Gasteiger partial charge in [0.05, 0.1) is 26.4 Å². The van der Waals surface area contributed by atoms with Crippen LogP contribution >= 0.6 is 0 Å². The Kier molecular flexibility index (Phi) is 9.78. The van der Waals surface area contributed by atoms with Gasteiger partial charge in [-0.3, -0.25) is 4.79 Å². The highest BCUT2D eigenvalue weighted by Gasteiger charge is 2.06. The van der Waals surface area contributed by atoms with Crippen molar-refractivity contribution in [1.29, 1.82) is 0 Å². The van der Waals surface area contributed by atoms with Crippen LogP contribution in [0.5, 0.6) is 0 Å². The molecule has 4 nitrogen and oxygen atoms in total. The van der Waals surface area contributed by atoms with Crippen molar-refractivity contribution in [3.8, 4) is 0 Å². The fourth-order valence-corrected chi connectivity index (χ4v) is 0.928. The second-order valence-electron chi connectivity index (χ2n) is 3.52. The third-order valence-corrected chi connectivity index (χ3v) is 2.19. The van der Waals surface area contributed by atoms with E-state index in [1.807, 2.05) is 6.92 Å². The molecule has 90 valence electrons. The van der Waals surface area contributed by atoms with Crippen LogP contribution < -0.4 is 0 Å². The maximum Gasteiger partial charge on any atom is 0.132 e. The summed E-state index contributed by atoms with van der Waals surface area (Å²) in [5.41, 5.74) is 0. The molecule has 0 aliphatic heterocycles. The monoisotopic (exact) mass is 218 g/mol. The molecule has 0 aliphatic rings. The van der Waals surface area contributed by atoms with E-state index < -0.39 is 0 Å². The lowest BCUT2D eigenvalue weighted by molar-refractivity contribution is -0.120. The highest BCUT2D eigenvalue weighted by atomic mass is 16.5. The lowest BCUT2D eigenvalue weighted by Gasteiger charge is -2.08. The molecule has 0 rings (SSSR count). The Morgan fingerprint density at radius 1 is 1.07 bits per heavy atom. The standard InChI is InChI=1S/C11H22O4/c1-10(11(2)12)4-5-14-8-9-15-7-6-13-3/h10H,4-9H2,1-3H3. The van der Waals surface area contributed by atoms with E-state index in [0.29, 0.717) is 33.0 Å². The van der Waals surface area contributed by atoms with E-state index in [-0.39, 0.29) is 11.7 Å². The highest BCUT2D eigenvalue weighted by molar-refractivity contribution is 5.77. The normalized spacial score (nSPS) is 12.7. The molecule has 1 unspecified atom stereocenters. The van der Waals surface area contributed by atoms with Gasteiger partial charge in [0, 0.05) is 19.6 Å². The van der Waals surface area contributed by atoms with Crippen molar-refractivity contribution < 1.29 is 19.0 Å². The topological polar surface area (TPSA) is 44.8 Å². The molecule has 0 saturated heterocycles. The van der Waals surface area contributed by atoms with Crippen LogP contribution in [0, 0.1) is 5.92 Å². The van der Waals surface area contributed by atoms with Gasteiger partial charge in [-0.15, -0.1) is 0 Å². The van der Waals surface area contributed by atoms with Crippen LogP contribution in [0.15, 0.2) is 0 Å². The second kappa shape index (κ2) is 10.1. The first-order valence-corrected chi connectivity index (χ1v) is 5.33. The predicted molar refractivity (Wildman–Crippen MR) is 58.0 cm³/mol. The Labute approximate surface area is 91.9 Å². The maximum absolute atomic E-state index is 10.9. The van der Waals surface area contributed by atoms with Crippen LogP contribution in [0.3, 0.4) is 0 Å². The average Bonchev–Trinajstić information content (AvgIpc) is 2.21. The summed E-state index contributed by atoms with van der Waals surface area (Å²) >= 11 is 0. The number of Topliss-reactive ketones (excluding diaryl/α,β-unsaturated/α-hetero) is 1. The van der Waals surface area contributed by atoms with Gasteiger partial charge < -0.3 is 14.2 Å². The number of hydrogen-bond donors (Lipinski definition) is 0. The van der Waals surface area contributed by atoms with Crippen molar-refractivity contribution in [3.63, 3.8) is 0 Å². The molecule has 0 heterocycles. The third kappa shape index (κ3) is 9.85. The van der Waals surface area contributed by atoms with Crippen molar-refractivity contribution in [1.82, 2.24) is 0 Å². The Bertz CT molecular complexity index is 159. The summed E-state index contributed by atoms with van der Waals surface area (Å²) in [6.45, 7) is 6.52. The highest BCUT2D eigenvalue weighted by Crippen LogP contribution is 2.02. The van der Waals surface area contributed by atoms with Crippen molar-refractivity contribution in [3.05, 3.63) is 0 Å². The molecule has 0 spiro atoms. The first-order valence-electron chi connectivity index (χ1n) is 5.33. The summed E-state index contributed by atoms with van der Waals surface area (Å²) in [6.07, 6.45) is 0.785. The van der Waals surface area contributed by atoms with Gasteiger partial charge in [-0.2, -0.15) is 0 Å². The number of rotatable bonds is 10. The zero-order valence-corrected chi connectivity index (χ0v) is 9.95. The maximum atomic E-state index is 10.9. The molecule has 0 amide bonds. The molecule has 0 saturated carbocycles. The van der Waals surface area contributed by atoms with Gasteiger partial charge in [-0.05, 0) is 13.3 Å². The Hall–Kier alpha value is -0.450. The van der Waals surface area contributed by atoms with E-state index in [1.165, 1.54) is 0 Å². The Balaban J connectivity index is 3.08. The fraction of sp³-hybridized carbons (Fsp3) is 0.909. The number of ketones is 1. The molecule has 1 atom stereocenters. The van der Waals surface area contributed by atoms with E-state index in [0.717, 1.165) is 6.42 Å². The van der Waals surface area contributed by atoms with E-state index >= 15 is 0 Å². The summed E-state index contributed by atoms with van der Waals surface area (Å²) in [5.74, 6) is 0.314. The van der Waals surface area contributed by atoms with Crippen molar-refractivity contribution >= 4 is 5.78 Å². The SMILES string of the molecule is COCCOCCOCCC(C)C(C)=O. The van der Waals surface area contributed by atoms with E-state index in [1.54, 1.807) is 14.0 Å². The zero-order chi connectivity index (χ0) is 11.5. The first kappa shape index (κ1) is 14.6. The minimum atomic E-state index is 0.0967. The molecule has 0 fully saturated rings. The number of carbonyl (C=O) groups is 1. The summed E-state index contributed by atoms with van der Waals surface area (Å²) in [5, 5.41) is 0. The molecule has 0 N–H and O–H groups in total. The molecule has 0 radical (unpaired) electrons. The van der Waals surface area contributed by atoms with Crippen LogP contribution in [-0.2, 0) is 19.0 Å². The van der Waals surface area contributed by atoms with Gasteiger partial charge in [0.2, 0.25) is 0 Å². The third-order valence-electron chi connectivity index (χ3n) is 2.19. The van der Waals surface area contributed by atoms with Gasteiger partial charge in [0.1, 0.15) is 5.78 Å². The lowest BCUT2D eigenvalue weighted by Crippen LogP contribution is -2.12.